The first kappa shape index (κ1) is 12.0. The van der Waals surface area contributed by atoms with Crippen LogP contribution in [0.2, 0.25) is 0 Å². The van der Waals surface area contributed by atoms with E-state index in [2.05, 4.69) is 27.6 Å². The molecule has 2 nitrogen and oxygen atoms in total. The lowest BCUT2D eigenvalue weighted by Gasteiger charge is -1.98. The molecule has 0 aliphatic rings. The molecule has 0 aliphatic heterocycles. The SMILES string of the molecule is C\C(=C/N=C(N)\C=C/I)c1ccccc1. The Morgan fingerprint density at radius 2 is 2.00 bits per heavy atom. The number of nitrogens with two attached hydrogens (primary N) is 1. The fourth-order valence-corrected chi connectivity index (χ4v) is 1.42. The van der Waals surface area contributed by atoms with Crippen LogP contribution in [0.3, 0.4) is 0 Å². The van der Waals surface area contributed by atoms with E-state index < -0.39 is 0 Å². The third kappa shape index (κ3) is 4.29. The number of rotatable bonds is 3. The maximum Gasteiger partial charge on any atom is 0.123 e. The molecular weight excluding hydrogens is 299 g/mol. The van der Waals surface area contributed by atoms with Crippen molar-refractivity contribution in [1.82, 2.24) is 0 Å². The number of benzene rings is 1. The molecule has 0 bridgehead atoms. The van der Waals surface area contributed by atoms with Crippen LogP contribution in [0.1, 0.15) is 12.5 Å². The summed E-state index contributed by atoms with van der Waals surface area (Å²) in [6.07, 6.45) is 3.54. The first-order valence-electron chi connectivity index (χ1n) is 4.56. The van der Waals surface area contributed by atoms with Gasteiger partial charge in [0.15, 0.2) is 0 Å². The number of hydrogen-bond donors (Lipinski definition) is 1. The molecule has 0 spiro atoms. The number of halogens is 1. The second kappa shape index (κ2) is 6.40. The van der Waals surface area contributed by atoms with Crippen molar-refractivity contribution in [2.24, 2.45) is 10.7 Å². The first-order valence-corrected chi connectivity index (χ1v) is 5.81. The predicted octanol–water partition coefficient (Wildman–Crippen LogP) is 3.35. The highest BCUT2D eigenvalue weighted by atomic mass is 127. The van der Waals surface area contributed by atoms with Gasteiger partial charge in [0.25, 0.3) is 0 Å². The van der Waals surface area contributed by atoms with Gasteiger partial charge in [0.1, 0.15) is 5.84 Å². The molecule has 0 unspecified atom stereocenters. The summed E-state index contributed by atoms with van der Waals surface area (Å²) in [5, 5.41) is 0. The number of amidine groups is 1. The van der Waals surface area contributed by atoms with Crippen molar-refractivity contribution in [3.63, 3.8) is 0 Å². The first-order chi connectivity index (χ1) is 7.24. The second-order valence-electron chi connectivity index (χ2n) is 3.02. The van der Waals surface area contributed by atoms with Gasteiger partial charge in [-0.05, 0) is 28.2 Å². The third-order valence-electron chi connectivity index (χ3n) is 1.87. The van der Waals surface area contributed by atoms with E-state index in [1.165, 1.54) is 0 Å². The topological polar surface area (TPSA) is 38.4 Å². The molecule has 1 aromatic rings. The minimum atomic E-state index is 0.514. The molecule has 0 fully saturated rings. The molecule has 0 saturated carbocycles. The van der Waals surface area contributed by atoms with E-state index in [0.29, 0.717) is 5.84 Å². The molecule has 0 radical (unpaired) electrons. The van der Waals surface area contributed by atoms with Gasteiger partial charge < -0.3 is 5.73 Å². The van der Waals surface area contributed by atoms with E-state index in [9.17, 15) is 0 Å². The van der Waals surface area contributed by atoms with Gasteiger partial charge in [-0.3, -0.25) is 0 Å². The summed E-state index contributed by atoms with van der Waals surface area (Å²) in [5.74, 6) is 0.514. The van der Waals surface area contributed by atoms with Gasteiger partial charge in [0.2, 0.25) is 0 Å². The third-order valence-corrected chi connectivity index (χ3v) is 2.23. The quantitative estimate of drug-likeness (QED) is 0.519. The van der Waals surface area contributed by atoms with Crippen molar-refractivity contribution >= 4 is 34.0 Å². The van der Waals surface area contributed by atoms with Crippen LogP contribution in [0.4, 0.5) is 0 Å². The van der Waals surface area contributed by atoms with Gasteiger partial charge in [-0.25, -0.2) is 4.99 Å². The lowest BCUT2D eigenvalue weighted by molar-refractivity contribution is 1.47. The van der Waals surface area contributed by atoms with Crippen molar-refractivity contribution in [1.29, 1.82) is 0 Å². The molecule has 0 amide bonds. The van der Waals surface area contributed by atoms with Crippen LogP contribution in [0.15, 0.2) is 51.7 Å². The number of nitrogens with zero attached hydrogens (tertiary/aromatic N) is 1. The summed E-state index contributed by atoms with van der Waals surface area (Å²) in [5.41, 5.74) is 7.88. The van der Waals surface area contributed by atoms with Gasteiger partial charge in [-0.2, -0.15) is 0 Å². The van der Waals surface area contributed by atoms with Gasteiger partial charge in [-0.15, -0.1) is 0 Å². The largest absolute Gasteiger partial charge is 0.384 e. The van der Waals surface area contributed by atoms with Crippen molar-refractivity contribution in [3.05, 3.63) is 52.3 Å². The van der Waals surface area contributed by atoms with E-state index in [4.69, 9.17) is 5.73 Å². The lowest BCUT2D eigenvalue weighted by Crippen LogP contribution is -2.05. The van der Waals surface area contributed by atoms with Gasteiger partial charge >= 0.3 is 0 Å². The summed E-state index contributed by atoms with van der Waals surface area (Å²) in [6.45, 7) is 2.01. The Morgan fingerprint density at radius 1 is 1.33 bits per heavy atom. The second-order valence-corrected chi connectivity index (χ2v) is 3.74. The van der Waals surface area contributed by atoms with Crippen LogP contribution < -0.4 is 5.73 Å². The van der Waals surface area contributed by atoms with Crippen LogP contribution in [0.25, 0.3) is 5.57 Å². The minimum absolute atomic E-state index is 0.514. The molecule has 78 valence electrons. The van der Waals surface area contributed by atoms with Crippen LogP contribution in [0.5, 0.6) is 0 Å². The number of allylic oxidation sites excluding steroid dienone is 1. The van der Waals surface area contributed by atoms with E-state index >= 15 is 0 Å². The molecule has 0 aliphatic carbocycles. The molecular formula is C12H13IN2. The summed E-state index contributed by atoms with van der Waals surface area (Å²) in [4.78, 5) is 4.13. The molecule has 1 rings (SSSR count). The summed E-state index contributed by atoms with van der Waals surface area (Å²) in [7, 11) is 0. The molecule has 0 saturated heterocycles. The van der Waals surface area contributed by atoms with Gasteiger partial charge in [-0.1, -0.05) is 52.9 Å². The summed E-state index contributed by atoms with van der Waals surface area (Å²) < 4.78 is 1.84. The van der Waals surface area contributed by atoms with Crippen molar-refractivity contribution in [3.8, 4) is 0 Å². The van der Waals surface area contributed by atoms with E-state index in [1.54, 1.807) is 12.3 Å². The fraction of sp³-hybridized carbons (Fsp3) is 0.0833. The van der Waals surface area contributed by atoms with E-state index in [0.717, 1.165) is 11.1 Å². The predicted molar refractivity (Wildman–Crippen MR) is 74.9 cm³/mol. The maximum atomic E-state index is 5.62. The molecule has 3 heteroatoms. The number of aliphatic imine (C=N–C) groups is 1. The van der Waals surface area contributed by atoms with E-state index in [1.807, 2.05) is 41.3 Å². The Labute approximate surface area is 104 Å². The smallest absolute Gasteiger partial charge is 0.123 e. The highest BCUT2D eigenvalue weighted by Gasteiger charge is 1.91. The van der Waals surface area contributed by atoms with Gasteiger partial charge in [0, 0.05) is 6.20 Å². The van der Waals surface area contributed by atoms with Crippen molar-refractivity contribution in [2.45, 2.75) is 6.92 Å². The normalized spacial score (nSPS) is 13.5. The average Bonchev–Trinajstić information content (AvgIpc) is 2.27. The standard InChI is InChI=1S/C12H13IN2/c1-10(9-15-12(14)7-8-13)11-5-3-2-4-6-11/h2-9H,1H3,(H2,14,15)/b8-7-,10-9+. The average molecular weight is 312 g/mol. The van der Waals surface area contributed by atoms with Crippen LogP contribution in [-0.2, 0) is 0 Å². The van der Waals surface area contributed by atoms with Gasteiger partial charge in [0.05, 0.1) is 0 Å². The zero-order chi connectivity index (χ0) is 11.1. The van der Waals surface area contributed by atoms with Crippen molar-refractivity contribution < 1.29 is 0 Å². The Hall–Kier alpha value is -1.10. The minimum Gasteiger partial charge on any atom is -0.384 e. The Bertz CT molecular complexity index is 391. The molecule has 15 heavy (non-hydrogen) atoms. The highest BCUT2D eigenvalue weighted by Crippen LogP contribution is 2.12. The Balaban J connectivity index is 2.82. The molecule has 2 N–H and O–H groups in total. The highest BCUT2D eigenvalue weighted by molar-refractivity contribution is 14.1. The summed E-state index contributed by atoms with van der Waals surface area (Å²) >= 11 is 2.11. The summed E-state index contributed by atoms with van der Waals surface area (Å²) in [6, 6.07) is 10.1. The monoisotopic (exact) mass is 312 g/mol. The lowest BCUT2D eigenvalue weighted by atomic mass is 10.1. The molecule has 0 aromatic heterocycles. The Kier molecular flexibility index (Phi) is 5.10. The zero-order valence-corrected chi connectivity index (χ0v) is 10.7. The van der Waals surface area contributed by atoms with Crippen LogP contribution in [-0.4, -0.2) is 5.84 Å². The van der Waals surface area contributed by atoms with Crippen LogP contribution >= 0.6 is 22.6 Å². The Morgan fingerprint density at radius 3 is 2.60 bits per heavy atom. The molecule has 0 heterocycles. The van der Waals surface area contributed by atoms with Crippen LogP contribution in [0, 0.1) is 0 Å². The van der Waals surface area contributed by atoms with Crippen molar-refractivity contribution in [2.75, 3.05) is 0 Å². The maximum absolute atomic E-state index is 5.62. The molecule has 0 atom stereocenters. The molecule has 1 aromatic carbocycles. The fourth-order valence-electron chi connectivity index (χ4n) is 1.05. The number of hydrogen-bond acceptors (Lipinski definition) is 1. The van der Waals surface area contributed by atoms with E-state index in [-0.39, 0.29) is 0 Å². The zero-order valence-electron chi connectivity index (χ0n) is 8.52.